The van der Waals surface area contributed by atoms with Crippen LogP contribution in [0.1, 0.15) is 17.4 Å². The summed E-state index contributed by atoms with van der Waals surface area (Å²) >= 11 is 1.41. The highest BCUT2D eigenvalue weighted by Crippen LogP contribution is 2.35. The van der Waals surface area contributed by atoms with Crippen molar-refractivity contribution >= 4 is 23.7 Å². The molecular weight excluding hydrogens is 382 g/mol. The highest BCUT2D eigenvalue weighted by atomic mass is 32.2. The predicted octanol–water partition coefficient (Wildman–Crippen LogP) is 2.99. The van der Waals surface area contributed by atoms with Gasteiger partial charge in [0.15, 0.2) is 6.04 Å². The number of hydrogen-bond donors (Lipinski definition) is 3. The second kappa shape index (κ2) is 7.65. The van der Waals surface area contributed by atoms with E-state index in [1.165, 1.54) is 24.2 Å². The van der Waals surface area contributed by atoms with Crippen molar-refractivity contribution in [3.8, 4) is 11.6 Å². The van der Waals surface area contributed by atoms with Gasteiger partial charge in [0.2, 0.25) is 5.88 Å². The first-order valence-electron chi connectivity index (χ1n) is 8.32. The summed E-state index contributed by atoms with van der Waals surface area (Å²) in [7, 11) is 0. The molecule has 1 atom stereocenters. The molecule has 0 radical (unpaired) electrons. The van der Waals surface area contributed by atoms with Crippen molar-refractivity contribution < 1.29 is 23.8 Å². The maximum Gasteiger partial charge on any atom is 0.322 e. The lowest BCUT2D eigenvalue weighted by atomic mass is 10.2. The van der Waals surface area contributed by atoms with E-state index in [0.717, 1.165) is 15.4 Å². The molecule has 4 rings (SSSR count). The fourth-order valence-electron chi connectivity index (χ4n) is 2.65. The second-order valence-electron chi connectivity index (χ2n) is 5.93. The zero-order chi connectivity index (χ0) is 19.5. The highest BCUT2D eigenvalue weighted by molar-refractivity contribution is 7.99. The van der Waals surface area contributed by atoms with Gasteiger partial charge >= 0.3 is 6.03 Å². The Balaban J connectivity index is 1.41. The van der Waals surface area contributed by atoms with E-state index >= 15 is 0 Å². The number of benzene rings is 1. The average Bonchev–Trinajstić information content (AvgIpc) is 3.26. The number of urea groups is 1. The fourth-order valence-corrected chi connectivity index (χ4v) is 3.57. The maximum atomic E-state index is 11.8. The van der Waals surface area contributed by atoms with Crippen molar-refractivity contribution in [3.05, 3.63) is 66.2 Å². The van der Waals surface area contributed by atoms with Crippen LogP contribution in [0.3, 0.4) is 0 Å². The van der Waals surface area contributed by atoms with Crippen LogP contribution in [0.4, 0.5) is 4.79 Å². The molecule has 3 amide bonds. The monoisotopic (exact) mass is 397 g/mol. The SMILES string of the molecule is O=C1NC(=O)C(c2occc2Sc2ccc(OCc3ccnc(O)c3)cc2)N1. The lowest BCUT2D eigenvalue weighted by Gasteiger charge is -2.09. The summed E-state index contributed by atoms with van der Waals surface area (Å²) in [5, 5.41) is 14.1. The molecule has 0 aliphatic carbocycles. The molecule has 1 saturated heterocycles. The van der Waals surface area contributed by atoms with E-state index in [0.29, 0.717) is 18.1 Å². The number of furan rings is 1. The van der Waals surface area contributed by atoms with Crippen molar-refractivity contribution in [1.29, 1.82) is 0 Å². The van der Waals surface area contributed by atoms with E-state index in [1.54, 1.807) is 18.2 Å². The Bertz CT molecular complexity index is 1020. The van der Waals surface area contributed by atoms with Gasteiger partial charge in [0.05, 0.1) is 11.2 Å². The van der Waals surface area contributed by atoms with Crippen LogP contribution in [0.5, 0.6) is 11.6 Å². The molecule has 1 fully saturated rings. The Hall–Kier alpha value is -3.46. The number of ether oxygens (including phenoxy) is 1. The van der Waals surface area contributed by atoms with Crippen LogP contribution in [0.25, 0.3) is 0 Å². The fraction of sp³-hybridized carbons (Fsp3) is 0.105. The summed E-state index contributed by atoms with van der Waals surface area (Å²) in [5.74, 6) is 0.588. The van der Waals surface area contributed by atoms with Crippen LogP contribution in [0.15, 0.2) is 69.1 Å². The van der Waals surface area contributed by atoms with Gasteiger partial charge in [-0.05, 0) is 42.0 Å². The molecule has 28 heavy (non-hydrogen) atoms. The van der Waals surface area contributed by atoms with Gasteiger partial charge in [0.1, 0.15) is 18.1 Å². The lowest BCUT2D eigenvalue weighted by Crippen LogP contribution is -2.22. The molecule has 142 valence electrons. The highest BCUT2D eigenvalue weighted by Gasteiger charge is 2.35. The average molecular weight is 397 g/mol. The third-order valence-corrected chi connectivity index (χ3v) is 5.03. The Kier molecular flexibility index (Phi) is 4.90. The first kappa shape index (κ1) is 17.9. The molecule has 0 spiro atoms. The quantitative estimate of drug-likeness (QED) is 0.548. The number of aromatic hydroxyl groups is 1. The summed E-state index contributed by atoms with van der Waals surface area (Å²) in [6.45, 7) is 0.310. The minimum atomic E-state index is -0.829. The lowest BCUT2D eigenvalue weighted by molar-refractivity contribution is -0.120. The molecule has 3 N–H and O–H groups in total. The Morgan fingerprint density at radius 3 is 2.71 bits per heavy atom. The molecule has 1 aliphatic heterocycles. The van der Waals surface area contributed by atoms with Crippen LogP contribution >= 0.6 is 11.8 Å². The van der Waals surface area contributed by atoms with E-state index in [2.05, 4.69) is 15.6 Å². The van der Waals surface area contributed by atoms with Crippen LogP contribution in [0, 0.1) is 0 Å². The van der Waals surface area contributed by atoms with E-state index in [4.69, 9.17) is 9.15 Å². The summed E-state index contributed by atoms with van der Waals surface area (Å²) in [5.41, 5.74) is 0.811. The van der Waals surface area contributed by atoms with Gasteiger partial charge in [-0.2, -0.15) is 0 Å². The van der Waals surface area contributed by atoms with E-state index in [9.17, 15) is 14.7 Å². The van der Waals surface area contributed by atoms with E-state index in [1.807, 2.05) is 24.3 Å². The minimum Gasteiger partial charge on any atom is -0.493 e. The van der Waals surface area contributed by atoms with Crippen LogP contribution in [-0.4, -0.2) is 22.0 Å². The summed E-state index contributed by atoms with van der Waals surface area (Å²) in [6, 6.07) is 11.1. The molecule has 2 aromatic heterocycles. The summed E-state index contributed by atoms with van der Waals surface area (Å²) in [6.07, 6.45) is 3.00. The molecule has 9 heteroatoms. The third kappa shape index (κ3) is 3.94. The minimum absolute atomic E-state index is 0.0455. The summed E-state index contributed by atoms with van der Waals surface area (Å²) in [4.78, 5) is 28.6. The number of hydrogen-bond acceptors (Lipinski definition) is 7. The van der Waals surface area contributed by atoms with E-state index in [-0.39, 0.29) is 5.88 Å². The van der Waals surface area contributed by atoms with Crippen molar-refractivity contribution in [1.82, 2.24) is 15.6 Å². The van der Waals surface area contributed by atoms with Crippen molar-refractivity contribution in [2.75, 3.05) is 0 Å². The second-order valence-corrected chi connectivity index (χ2v) is 7.04. The number of aromatic nitrogens is 1. The maximum absolute atomic E-state index is 11.8. The van der Waals surface area contributed by atoms with Gasteiger partial charge in [-0.15, -0.1) is 0 Å². The zero-order valence-electron chi connectivity index (χ0n) is 14.4. The van der Waals surface area contributed by atoms with Gasteiger partial charge in [0.25, 0.3) is 5.91 Å². The standard InChI is InChI=1S/C19H15N3O5S/c23-15-9-11(5-7-20-15)10-27-12-1-3-13(4-2-12)28-14-6-8-26-17(14)16-18(24)22-19(25)21-16/h1-9,16H,10H2,(H,20,23)(H2,21,22,24,25). The topological polar surface area (TPSA) is 114 Å². The van der Waals surface area contributed by atoms with Crippen molar-refractivity contribution in [2.45, 2.75) is 22.4 Å². The number of nitrogens with one attached hydrogen (secondary N) is 2. The van der Waals surface area contributed by atoms with Gasteiger partial charge in [0, 0.05) is 17.2 Å². The molecule has 8 nitrogen and oxygen atoms in total. The predicted molar refractivity (Wildman–Crippen MR) is 98.9 cm³/mol. The zero-order valence-corrected chi connectivity index (χ0v) is 15.2. The normalized spacial score (nSPS) is 15.9. The van der Waals surface area contributed by atoms with Crippen molar-refractivity contribution in [2.24, 2.45) is 0 Å². The molecule has 1 unspecified atom stereocenters. The molecule has 3 aromatic rings. The largest absolute Gasteiger partial charge is 0.493 e. The van der Waals surface area contributed by atoms with Crippen LogP contribution in [0.2, 0.25) is 0 Å². The molecule has 0 bridgehead atoms. The smallest absolute Gasteiger partial charge is 0.322 e. The number of carbonyl (C=O) groups is 2. The number of imide groups is 1. The molecule has 3 heterocycles. The third-order valence-electron chi connectivity index (χ3n) is 3.96. The number of amides is 3. The van der Waals surface area contributed by atoms with E-state index < -0.39 is 18.0 Å². The van der Waals surface area contributed by atoms with Gasteiger partial charge in [-0.3, -0.25) is 10.1 Å². The molecule has 1 aliphatic rings. The molecule has 0 saturated carbocycles. The number of carbonyl (C=O) groups excluding carboxylic acids is 2. The van der Waals surface area contributed by atoms with Gasteiger partial charge < -0.3 is 19.6 Å². The Labute approximate surface area is 163 Å². The molecular formula is C19H15N3O5S. The van der Waals surface area contributed by atoms with Gasteiger partial charge in [-0.25, -0.2) is 9.78 Å². The number of pyridine rings is 1. The Morgan fingerprint density at radius 2 is 2.00 bits per heavy atom. The summed E-state index contributed by atoms with van der Waals surface area (Å²) < 4.78 is 11.1. The van der Waals surface area contributed by atoms with Crippen LogP contribution < -0.4 is 15.4 Å². The number of nitrogens with zero attached hydrogens (tertiary/aromatic N) is 1. The first-order chi connectivity index (χ1) is 13.6. The molecule has 1 aromatic carbocycles. The Morgan fingerprint density at radius 1 is 1.18 bits per heavy atom. The van der Waals surface area contributed by atoms with Crippen LogP contribution in [-0.2, 0) is 11.4 Å². The number of rotatable bonds is 6. The van der Waals surface area contributed by atoms with Crippen molar-refractivity contribution in [3.63, 3.8) is 0 Å². The van der Waals surface area contributed by atoms with Gasteiger partial charge in [-0.1, -0.05) is 11.8 Å². The first-order valence-corrected chi connectivity index (χ1v) is 9.13.